The Bertz CT molecular complexity index is 153. The molecule has 1 unspecified atom stereocenters. The molecule has 0 aromatic heterocycles. The fourth-order valence-corrected chi connectivity index (χ4v) is 1.91. The maximum Gasteiger partial charge on any atom is 0.0588 e. The Morgan fingerprint density at radius 3 is 2.71 bits per heavy atom. The van der Waals surface area contributed by atoms with Crippen molar-refractivity contribution in [1.82, 2.24) is 10.6 Å². The molecule has 1 aliphatic heterocycles. The summed E-state index contributed by atoms with van der Waals surface area (Å²) >= 11 is 0. The highest BCUT2D eigenvalue weighted by Crippen LogP contribution is 2.17. The van der Waals surface area contributed by atoms with Gasteiger partial charge >= 0.3 is 0 Å². The lowest BCUT2D eigenvalue weighted by Crippen LogP contribution is -2.30. The van der Waals surface area contributed by atoms with Crippen LogP contribution in [0.3, 0.4) is 0 Å². The summed E-state index contributed by atoms with van der Waals surface area (Å²) in [7, 11) is 0. The van der Waals surface area contributed by atoms with Crippen molar-refractivity contribution in [3.8, 4) is 0 Å². The first-order valence-corrected chi connectivity index (χ1v) is 6.01. The molecule has 1 heterocycles. The molecule has 14 heavy (non-hydrogen) atoms. The van der Waals surface area contributed by atoms with Gasteiger partial charge in [-0.15, -0.1) is 0 Å². The zero-order chi connectivity index (χ0) is 9.64. The summed E-state index contributed by atoms with van der Waals surface area (Å²) in [6.07, 6.45) is 7.02. The fraction of sp³-hybridized carbons (Fsp3) is 1.00. The molecule has 1 saturated carbocycles. The van der Waals surface area contributed by atoms with Crippen molar-refractivity contribution in [3.63, 3.8) is 0 Å². The summed E-state index contributed by atoms with van der Waals surface area (Å²) in [5.41, 5.74) is 0. The minimum absolute atomic E-state index is 0.541. The van der Waals surface area contributed by atoms with Crippen molar-refractivity contribution >= 4 is 0 Å². The van der Waals surface area contributed by atoms with E-state index in [-0.39, 0.29) is 0 Å². The van der Waals surface area contributed by atoms with Crippen LogP contribution in [0.1, 0.15) is 32.1 Å². The zero-order valence-electron chi connectivity index (χ0n) is 8.93. The molecule has 3 heteroatoms. The Morgan fingerprint density at radius 1 is 1.07 bits per heavy atom. The number of ether oxygens (including phenoxy) is 1. The summed E-state index contributed by atoms with van der Waals surface area (Å²) in [6.45, 7) is 4.31. The van der Waals surface area contributed by atoms with Crippen LogP contribution in [0.15, 0.2) is 0 Å². The minimum Gasteiger partial charge on any atom is -0.378 e. The second-order valence-corrected chi connectivity index (χ2v) is 4.40. The number of nitrogens with one attached hydrogen (secondary N) is 2. The third-order valence-electron chi connectivity index (χ3n) is 2.98. The van der Waals surface area contributed by atoms with E-state index in [1.54, 1.807) is 0 Å². The van der Waals surface area contributed by atoms with E-state index >= 15 is 0 Å². The molecule has 1 aliphatic carbocycles. The van der Waals surface area contributed by atoms with Gasteiger partial charge in [-0.2, -0.15) is 0 Å². The predicted octanol–water partition coefficient (Wildman–Crippen LogP) is 0.897. The molecule has 0 aromatic carbocycles. The van der Waals surface area contributed by atoms with Gasteiger partial charge in [-0.3, -0.25) is 0 Å². The van der Waals surface area contributed by atoms with E-state index in [0.717, 1.165) is 32.3 Å². The molecule has 0 aromatic rings. The molecular weight excluding hydrogens is 176 g/mol. The topological polar surface area (TPSA) is 33.3 Å². The van der Waals surface area contributed by atoms with Crippen LogP contribution in [0.2, 0.25) is 0 Å². The highest BCUT2D eigenvalue weighted by atomic mass is 16.5. The molecule has 1 atom stereocenters. The highest BCUT2D eigenvalue weighted by Gasteiger charge is 2.19. The summed E-state index contributed by atoms with van der Waals surface area (Å²) in [4.78, 5) is 0. The summed E-state index contributed by atoms with van der Waals surface area (Å²) in [6, 6.07) is 0.843. The van der Waals surface area contributed by atoms with Crippen molar-refractivity contribution in [2.75, 3.05) is 26.2 Å². The number of rotatable bonds is 7. The maximum atomic E-state index is 5.55. The summed E-state index contributed by atoms with van der Waals surface area (Å²) in [5.74, 6) is 0. The Hall–Kier alpha value is -0.120. The fourth-order valence-electron chi connectivity index (χ4n) is 1.91. The lowest BCUT2D eigenvalue weighted by atomic mass is 10.2. The van der Waals surface area contributed by atoms with Crippen LogP contribution in [0.4, 0.5) is 0 Å². The third-order valence-corrected chi connectivity index (χ3v) is 2.98. The van der Waals surface area contributed by atoms with Crippen LogP contribution >= 0.6 is 0 Å². The lowest BCUT2D eigenvalue weighted by Gasteiger charge is -2.10. The van der Waals surface area contributed by atoms with E-state index in [0.29, 0.717) is 6.10 Å². The van der Waals surface area contributed by atoms with Gasteiger partial charge in [0.1, 0.15) is 0 Å². The van der Waals surface area contributed by atoms with E-state index < -0.39 is 0 Å². The average Bonchev–Trinajstić information content (AvgIpc) is 2.87. The highest BCUT2D eigenvalue weighted by molar-refractivity contribution is 4.80. The molecule has 3 nitrogen and oxygen atoms in total. The van der Waals surface area contributed by atoms with Crippen molar-refractivity contribution in [2.45, 2.75) is 44.2 Å². The second-order valence-electron chi connectivity index (χ2n) is 4.40. The van der Waals surface area contributed by atoms with Gasteiger partial charge in [-0.05, 0) is 38.6 Å². The smallest absolute Gasteiger partial charge is 0.0588 e. The van der Waals surface area contributed by atoms with Crippen molar-refractivity contribution < 1.29 is 4.74 Å². The first-order valence-electron chi connectivity index (χ1n) is 6.01. The third kappa shape index (κ3) is 3.95. The predicted molar refractivity (Wildman–Crippen MR) is 57.5 cm³/mol. The van der Waals surface area contributed by atoms with E-state index in [9.17, 15) is 0 Å². The van der Waals surface area contributed by atoms with Crippen LogP contribution in [0, 0.1) is 0 Å². The van der Waals surface area contributed by atoms with Gasteiger partial charge < -0.3 is 15.4 Å². The Labute approximate surface area is 86.6 Å². The average molecular weight is 198 g/mol. The number of hydrogen-bond acceptors (Lipinski definition) is 3. The maximum absolute atomic E-state index is 5.55. The van der Waals surface area contributed by atoms with E-state index in [2.05, 4.69) is 10.6 Å². The largest absolute Gasteiger partial charge is 0.378 e. The van der Waals surface area contributed by atoms with Gasteiger partial charge in [-0.1, -0.05) is 0 Å². The molecule has 2 fully saturated rings. The van der Waals surface area contributed by atoms with Crippen LogP contribution in [-0.4, -0.2) is 38.4 Å². The molecule has 1 saturated heterocycles. The summed E-state index contributed by atoms with van der Waals surface area (Å²) in [5, 5.41) is 6.94. The molecule has 0 radical (unpaired) electrons. The van der Waals surface area contributed by atoms with Gasteiger partial charge in [0.05, 0.1) is 6.10 Å². The van der Waals surface area contributed by atoms with Crippen LogP contribution in [0.25, 0.3) is 0 Å². The Kier molecular flexibility index (Phi) is 4.22. The van der Waals surface area contributed by atoms with Crippen molar-refractivity contribution in [1.29, 1.82) is 0 Å². The van der Waals surface area contributed by atoms with Crippen LogP contribution in [-0.2, 0) is 4.74 Å². The van der Waals surface area contributed by atoms with E-state index in [1.807, 2.05) is 0 Å². The molecule has 2 N–H and O–H groups in total. The lowest BCUT2D eigenvalue weighted by molar-refractivity contribution is 0.104. The van der Waals surface area contributed by atoms with Crippen LogP contribution < -0.4 is 10.6 Å². The van der Waals surface area contributed by atoms with E-state index in [1.165, 1.54) is 32.1 Å². The normalized spacial score (nSPS) is 27.0. The monoisotopic (exact) mass is 198 g/mol. The first kappa shape index (κ1) is 10.4. The van der Waals surface area contributed by atoms with Gasteiger partial charge in [0.2, 0.25) is 0 Å². The molecule has 82 valence electrons. The van der Waals surface area contributed by atoms with Crippen molar-refractivity contribution in [2.24, 2.45) is 0 Å². The Balaban J connectivity index is 1.35. The van der Waals surface area contributed by atoms with E-state index in [4.69, 9.17) is 4.74 Å². The minimum atomic E-state index is 0.541. The molecule has 0 amide bonds. The standard InChI is InChI=1S/C11H22N2O/c1-2-11(14-9-1)5-6-12-7-8-13-10-3-4-10/h10-13H,1-9H2. The van der Waals surface area contributed by atoms with Crippen molar-refractivity contribution in [3.05, 3.63) is 0 Å². The molecule has 0 bridgehead atoms. The van der Waals surface area contributed by atoms with Gasteiger partial charge in [0, 0.05) is 25.7 Å². The molecular formula is C11H22N2O. The SMILES string of the molecule is C1COC(CCNCCNC2CC2)C1. The number of hydrogen-bond donors (Lipinski definition) is 2. The molecule has 0 spiro atoms. The zero-order valence-corrected chi connectivity index (χ0v) is 8.93. The quantitative estimate of drug-likeness (QED) is 0.596. The van der Waals surface area contributed by atoms with Gasteiger partial charge in [0.15, 0.2) is 0 Å². The molecule has 2 aliphatic rings. The van der Waals surface area contributed by atoms with Crippen LogP contribution in [0.5, 0.6) is 0 Å². The molecule has 2 rings (SSSR count). The Morgan fingerprint density at radius 2 is 2.00 bits per heavy atom. The summed E-state index contributed by atoms with van der Waals surface area (Å²) < 4.78 is 5.55. The van der Waals surface area contributed by atoms with Gasteiger partial charge in [-0.25, -0.2) is 0 Å². The van der Waals surface area contributed by atoms with Gasteiger partial charge in [0.25, 0.3) is 0 Å². The first-order chi connectivity index (χ1) is 6.95. The second kappa shape index (κ2) is 5.69.